The van der Waals surface area contributed by atoms with Crippen molar-refractivity contribution in [2.24, 2.45) is 0 Å². The smallest absolute Gasteiger partial charge is 0.181 e. The van der Waals surface area contributed by atoms with Crippen LogP contribution in [0.25, 0.3) is 0 Å². The Morgan fingerprint density at radius 1 is 1.62 bits per heavy atom. The van der Waals surface area contributed by atoms with E-state index in [1.54, 1.807) is 0 Å². The highest BCUT2D eigenvalue weighted by atomic mass is 32.2. The van der Waals surface area contributed by atoms with Crippen LogP contribution in [-0.4, -0.2) is 23.5 Å². The summed E-state index contributed by atoms with van der Waals surface area (Å²) in [6.07, 6.45) is 0. The molecule has 0 aliphatic heterocycles. The van der Waals surface area contributed by atoms with Gasteiger partial charge in [-0.05, 0) is 0 Å². The summed E-state index contributed by atoms with van der Waals surface area (Å²) in [4.78, 5) is 0. The molecule has 0 aromatic carbocycles. The predicted octanol–water partition coefficient (Wildman–Crippen LogP) is -1.02. The second-order valence-corrected chi connectivity index (χ2v) is 2.28. The molecule has 0 radical (unpaired) electrons. The largest absolute Gasteiger partial charge is 0.750 e. The molecular formula is CH3O5S2-. The van der Waals surface area contributed by atoms with Crippen molar-refractivity contribution in [2.75, 3.05) is 5.94 Å². The first-order valence-electron chi connectivity index (χ1n) is 1.43. The summed E-state index contributed by atoms with van der Waals surface area (Å²) in [6.45, 7) is 0. The summed E-state index contributed by atoms with van der Waals surface area (Å²) in [5, 5.41) is 0. The Morgan fingerprint density at radius 2 is 2.12 bits per heavy atom. The number of hydrogen-bond acceptors (Lipinski definition) is 4. The van der Waals surface area contributed by atoms with E-state index in [0.717, 1.165) is 0 Å². The fraction of sp³-hybridized carbons (Fsp3) is 1.00. The molecule has 0 aromatic heterocycles. The van der Waals surface area contributed by atoms with Crippen molar-refractivity contribution < 1.29 is 21.7 Å². The molecule has 7 heteroatoms. The lowest BCUT2D eigenvalue weighted by Crippen LogP contribution is -2.02. The molecule has 0 aliphatic carbocycles. The summed E-state index contributed by atoms with van der Waals surface area (Å²) in [6, 6.07) is 0. The lowest BCUT2D eigenvalue weighted by atomic mass is 11.7. The third-order valence-electron chi connectivity index (χ3n) is 0.245. The van der Waals surface area contributed by atoms with Crippen molar-refractivity contribution in [1.82, 2.24) is 0 Å². The topological polar surface area (TPSA) is 86.7 Å². The fourth-order valence-corrected chi connectivity index (χ4v) is 0.724. The van der Waals surface area contributed by atoms with E-state index in [4.69, 9.17) is 4.55 Å². The molecule has 0 saturated carbocycles. The van der Waals surface area contributed by atoms with Crippen LogP contribution in [0.2, 0.25) is 0 Å². The van der Waals surface area contributed by atoms with Gasteiger partial charge in [-0.2, -0.15) is 0 Å². The first-order valence-corrected chi connectivity index (χ1v) is 3.70. The highest BCUT2D eigenvalue weighted by Gasteiger charge is 1.89. The third-order valence-corrected chi connectivity index (χ3v) is 1.02. The van der Waals surface area contributed by atoms with Gasteiger partial charge in [0.1, 0.15) is 0 Å². The molecule has 0 fully saturated rings. The van der Waals surface area contributed by atoms with Crippen molar-refractivity contribution in [3.05, 3.63) is 0 Å². The summed E-state index contributed by atoms with van der Waals surface area (Å²) in [7, 11) is 0. The van der Waals surface area contributed by atoms with Gasteiger partial charge in [-0.25, -0.2) is 8.42 Å². The molecule has 0 heterocycles. The van der Waals surface area contributed by atoms with Crippen LogP contribution < -0.4 is 0 Å². The van der Waals surface area contributed by atoms with Gasteiger partial charge in [0, 0.05) is 0 Å². The van der Waals surface area contributed by atoms with Crippen LogP contribution in [0.3, 0.4) is 0 Å². The maximum atomic E-state index is 9.62. The normalized spacial score (nSPS) is 17.8. The average Bonchev–Trinajstić information content (AvgIpc) is 1.61. The second-order valence-electron chi connectivity index (χ2n) is 0.761. The van der Waals surface area contributed by atoms with Crippen molar-refractivity contribution in [3.63, 3.8) is 0 Å². The zero-order valence-electron chi connectivity index (χ0n) is 3.60. The van der Waals surface area contributed by atoms with Gasteiger partial charge >= 0.3 is 0 Å². The zero-order chi connectivity index (χ0) is 6.57. The van der Waals surface area contributed by atoms with Crippen molar-refractivity contribution in [3.8, 4) is 0 Å². The molecule has 0 amide bonds. The molecule has 2 atom stereocenters. The molecule has 1 N–H and O–H groups in total. The van der Waals surface area contributed by atoms with Crippen molar-refractivity contribution >= 4 is 22.4 Å². The molecule has 0 aliphatic rings. The zero-order valence-corrected chi connectivity index (χ0v) is 5.24. The van der Waals surface area contributed by atoms with Gasteiger partial charge in [-0.15, -0.1) is 0 Å². The Labute approximate surface area is 50.8 Å². The van der Waals surface area contributed by atoms with Crippen LogP contribution in [0.5, 0.6) is 0 Å². The van der Waals surface area contributed by atoms with Gasteiger partial charge in [0.05, 0.1) is 11.4 Å². The Balaban J connectivity index is 3.18. The van der Waals surface area contributed by atoms with E-state index in [9.17, 15) is 13.0 Å². The van der Waals surface area contributed by atoms with Crippen molar-refractivity contribution in [2.45, 2.75) is 0 Å². The molecule has 50 valence electrons. The van der Waals surface area contributed by atoms with Crippen molar-refractivity contribution in [1.29, 1.82) is 0 Å². The third kappa shape index (κ3) is 6.18. The van der Waals surface area contributed by atoms with Crippen LogP contribution in [-0.2, 0) is 26.6 Å². The Bertz CT molecular complexity index is 95.0. The summed E-state index contributed by atoms with van der Waals surface area (Å²) in [5.74, 6) is -0.698. The van der Waals surface area contributed by atoms with E-state index in [2.05, 4.69) is 4.18 Å². The Kier molecular flexibility index (Phi) is 4.19. The monoisotopic (exact) mass is 159 g/mol. The van der Waals surface area contributed by atoms with E-state index >= 15 is 0 Å². The van der Waals surface area contributed by atoms with Gasteiger partial charge < -0.3 is 9.11 Å². The predicted molar refractivity (Wildman–Crippen MR) is 25.6 cm³/mol. The SMILES string of the molecule is O=S(O)COS(=O)[O-]. The van der Waals surface area contributed by atoms with E-state index in [1.807, 2.05) is 0 Å². The van der Waals surface area contributed by atoms with Gasteiger partial charge in [-0.3, -0.25) is 4.18 Å². The highest BCUT2D eigenvalue weighted by Crippen LogP contribution is 1.79. The van der Waals surface area contributed by atoms with Gasteiger partial charge in [0.2, 0.25) is 0 Å². The fourth-order valence-electron chi connectivity index (χ4n) is 0.0804. The Hall–Kier alpha value is 0.180. The maximum Gasteiger partial charge on any atom is 0.181 e. The quantitative estimate of drug-likeness (QED) is 0.532. The van der Waals surface area contributed by atoms with Gasteiger partial charge in [0.25, 0.3) is 0 Å². The minimum atomic E-state index is -2.69. The maximum absolute atomic E-state index is 9.62. The Morgan fingerprint density at radius 3 is 2.25 bits per heavy atom. The molecule has 0 rings (SSSR count). The van der Waals surface area contributed by atoms with Crippen LogP contribution in [0.4, 0.5) is 0 Å². The van der Waals surface area contributed by atoms with E-state index in [-0.39, 0.29) is 0 Å². The minimum Gasteiger partial charge on any atom is -0.750 e. The minimum absolute atomic E-state index is 0.698. The lowest BCUT2D eigenvalue weighted by molar-refractivity contribution is 0.342. The molecule has 0 saturated heterocycles. The highest BCUT2D eigenvalue weighted by molar-refractivity contribution is 7.80. The molecular weight excluding hydrogens is 156 g/mol. The standard InChI is InChI=1S/CH4O5S2/c2-7(3)1-6-8(4)5/h1H2,(H,2,3)(H,4,5)/p-1. The average molecular weight is 159 g/mol. The second kappa shape index (κ2) is 4.10. The molecule has 0 bridgehead atoms. The van der Waals surface area contributed by atoms with Crippen LogP contribution in [0.1, 0.15) is 0 Å². The van der Waals surface area contributed by atoms with Gasteiger partial charge in [0.15, 0.2) is 17.0 Å². The van der Waals surface area contributed by atoms with Crippen LogP contribution >= 0.6 is 0 Å². The van der Waals surface area contributed by atoms with Crippen LogP contribution in [0.15, 0.2) is 0 Å². The summed E-state index contributed by atoms with van der Waals surface area (Å²) >= 11 is -4.89. The first-order chi connectivity index (χ1) is 3.63. The molecule has 5 nitrogen and oxygen atoms in total. The molecule has 8 heavy (non-hydrogen) atoms. The van der Waals surface area contributed by atoms with Gasteiger partial charge in [-0.1, -0.05) is 0 Å². The summed E-state index contributed by atoms with van der Waals surface area (Å²) in [5.41, 5.74) is 0. The van der Waals surface area contributed by atoms with Crippen LogP contribution in [0, 0.1) is 0 Å². The van der Waals surface area contributed by atoms with E-state index in [1.165, 1.54) is 0 Å². The number of hydrogen-bond donors (Lipinski definition) is 1. The molecule has 0 spiro atoms. The summed E-state index contributed by atoms with van der Waals surface area (Å²) < 4.78 is 40.0. The number of rotatable bonds is 3. The molecule has 2 unspecified atom stereocenters. The van der Waals surface area contributed by atoms with E-state index < -0.39 is 28.4 Å². The first kappa shape index (κ1) is 8.18. The molecule has 0 aromatic rings. The lowest BCUT2D eigenvalue weighted by Gasteiger charge is -2.00. The van der Waals surface area contributed by atoms with E-state index in [0.29, 0.717) is 0 Å².